The Kier molecular flexibility index (Phi) is 5.43. The van der Waals surface area contributed by atoms with E-state index in [1.54, 1.807) is 7.05 Å². The van der Waals surface area contributed by atoms with Gasteiger partial charge >= 0.3 is 0 Å². The van der Waals surface area contributed by atoms with Crippen molar-refractivity contribution in [1.29, 1.82) is 0 Å². The number of aromatic nitrogens is 7. The number of nitrogens with zero attached hydrogens (tertiary/aromatic N) is 7. The molecule has 0 fully saturated rings. The maximum atomic E-state index is 13.9. The van der Waals surface area contributed by atoms with Crippen molar-refractivity contribution in [3.05, 3.63) is 71.1 Å². The summed E-state index contributed by atoms with van der Waals surface area (Å²) >= 11 is 0. The molecule has 1 amide bonds. The standard InChI is InChI=1S/C20H18F2N8O2/c1-11-5-4-6-16(25-11)20(2,19-26-29-30(3)27-19)10-24-18(31)15-8-14(28-32-15)17-13(22)7-12(21)9-23-17/h4-9H,10H2,1-3H3,(H,24,31). The normalized spacial score (nSPS) is 13.0. The van der Waals surface area contributed by atoms with E-state index in [0.717, 1.165) is 11.9 Å². The molecule has 32 heavy (non-hydrogen) atoms. The second-order valence-corrected chi connectivity index (χ2v) is 7.34. The van der Waals surface area contributed by atoms with Crippen LogP contribution < -0.4 is 5.32 Å². The van der Waals surface area contributed by atoms with Gasteiger partial charge in [-0.3, -0.25) is 9.78 Å². The number of carbonyl (C=O) groups is 1. The van der Waals surface area contributed by atoms with Crippen molar-refractivity contribution >= 4 is 5.91 Å². The molecule has 0 saturated heterocycles. The predicted octanol–water partition coefficient (Wildman–Crippen LogP) is 1.98. The third-order valence-corrected chi connectivity index (χ3v) is 4.84. The van der Waals surface area contributed by atoms with Crippen LogP contribution in [0.3, 0.4) is 0 Å². The first kappa shape index (κ1) is 21.2. The van der Waals surface area contributed by atoms with Crippen molar-refractivity contribution in [3.63, 3.8) is 0 Å². The third-order valence-electron chi connectivity index (χ3n) is 4.84. The Labute approximate surface area is 180 Å². The molecule has 0 aromatic carbocycles. The maximum absolute atomic E-state index is 13.9. The first-order valence-corrected chi connectivity index (χ1v) is 9.51. The first-order valence-electron chi connectivity index (χ1n) is 9.51. The molecule has 0 saturated carbocycles. The molecular weight excluding hydrogens is 422 g/mol. The Morgan fingerprint density at radius 3 is 2.78 bits per heavy atom. The molecule has 4 aromatic rings. The lowest BCUT2D eigenvalue weighted by molar-refractivity contribution is 0.0909. The van der Waals surface area contributed by atoms with Gasteiger partial charge in [-0.15, -0.1) is 10.2 Å². The van der Waals surface area contributed by atoms with Gasteiger partial charge in [0.05, 0.1) is 24.4 Å². The molecule has 0 spiro atoms. The summed E-state index contributed by atoms with van der Waals surface area (Å²) in [5.74, 6) is -2.15. The van der Waals surface area contributed by atoms with E-state index in [4.69, 9.17) is 4.52 Å². The highest BCUT2D eigenvalue weighted by molar-refractivity contribution is 5.92. The summed E-state index contributed by atoms with van der Waals surface area (Å²) in [6.07, 6.45) is 0.848. The number of nitrogens with one attached hydrogen (secondary N) is 1. The molecule has 4 heterocycles. The number of rotatable bonds is 6. The summed E-state index contributed by atoms with van der Waals surface area (Å²) in [6.45, 7) is 3.74. The number of halogens is 2. The van der Waals surface area contributed by atoms with Gasteiger partial charge in [-0.2, -0.15) is 4.80 Å². The largest absolute Gasteiger partial charge is 0.350 e. The van der Waals surface area contributed by atoms with Gasteiger partial charge in [0, 0.05) is 24.4 Å². The van der Waals surface area contributed by atoms with Crippen LogP contribution in [0.4, 0.5) is 8.78 Å². The minimum Gasteiger partial charge on any atom is -0.350 e. The van der Waals surface area contributed by atoms with E-state index >= 15 is 0 Å². The number of hydrogen-bond donors (Lipinski definition) is 1. The third kappa shape index (κ3) is 4.06. The van der Waals surface area contributed by atoms with Crippen LogP contribution in [0.25, 0.3) is 11.4 Å². The predicted molar refractivity (Wildman–Crippen MR) is 106 cm³/mol. The number of aryl methyl sites for hydroxylation is 2. The maximum Gasteiger partial charge on any atom is 0.289 e. The van der Waals surface area contributed by atoms with E-state index < -0.39 is 23.0 Å². The molecule has 0 aliphatic rings. The highest BCUT2D eigenvalue weighted by Gasteiger charge is 2.36. The minimum atomic E-state index is -0.919. The van der Waals surface area contributed by atoms with Crippen molar-refractivity contribution < 1.29 is 18.1 Å². The molecule has 0 aliphatic heterocycles. The van der Waals surface area contributed by atoms with Crippen LogP contribution in [0.5, 0.6) is 0 Å². The molecular formula is C20H18F2N8O2. The highest BCUT2D eigenvalue weighted by Crippen LogP contribution is 2.27. The number of carbonyl (C=O) groups excluding carboxylic acids is 1. The molecule has 4 aromatic heterocycles. The molecule has 4 rings (SSSR count). The van der Waals surface area contributed by atoms with Crippen molar-refractivity contribution in [1.82, 2.24) is 40.6 Å². The molecule has 12 heteroatoms. The second kappa shape index (κ2) is 8.21. The summed E-state index contributed by atoms with van der Waals surface area (Å²) in [7, 11) is 1.64. The van der Waals surface area contributed by atoms with Crippen LogP contribution >= 0.6 is 0 Å². The monoisotopic (exact) mass is 440 g/mol. The summed E-state index contributed by atoms with van der Waals surface area (Å²) in [4.78, 5) is 22.2. The average Bonchev–Trinajstić information content (AvgIpc) is 3.41. The lowest BCUT2D eigenvalue weighted by Crippen LogP contribution is -2.41. The zero-order valence-corrected chi connectivity index (χ0v) is 17.4. The van der Waals surface area contributed by atoms with E-state index in [1.807, 2.05) is 32.0 Å². The van der Waals surface area contributed by atoms with Gasteiger partial charge in [-0.1, -0.05) is 11.2 Å². The quantitative estimate of drug-likeness (QED) is 0.483. The minimum absolute atomic E-state index is 0.0358. The number of hydrogen-bond acceptors (Lipinski definition) is 8. The topological polar surface area (TPSA) is 125 Å². The van der Waals surface area contributed by atoms with Gasteiger partial charge < -0.3 is 9.84 Å². The van der Waals surface area contributed by atoms with E-state index in [2.05, 4.69) is 35.9 Å². The molecule has 0 bridgehead atoms. The Morgan fingerprint density at radius 1 is 1.28 bits per heavy atom. The van der Waals surface area contributed by atoms with E-state index in [1.165, 1.54) is 10.9 Å². The van der Waals surface area contributed by atoms with E-state index in [-0.39, 0.29) is 23.7 Å². The van der Waals surface area contributed by atoms with Gasteiger partial charge in [-0.05, 0) is 31.2 Å². The zero-order chi connectivity index (χ0) is 22.9. The highest BCUT2D eigenvalue weighted by atomic mass is 19.1. The van der Waals surface area contributed by atoms with Gasteiger partial charge in [0.15, 0.2) is 11.6 Å². The fraction of sp³-hybridized carbons (Fsp3) is 0.250. The van der Waals surface area contributed by atoms with Crippen LogP contribution in [-0.4, -0.2) is 47.8 Å². The summed E-state index contributed by atoms with van der Waals surface area (Å²) < 4.78 is 32.1. The van der Waals surface area contributed by atoms with Crippen LogP contribution in [-0.2, 0) is 12.5 Å². The van der Waals surface area contributed by atoms with E-state index in [9.17, 15) is 13.6 Å². The fourth-order valence-corrected chi connectivity index (χ4v) is 3.08. The van der Waals surface area contributed by atoms with Gasteiger partial charge in [0.25, 0.3) is 5.91 Å². The van der Waals surface area contributed by atoms with Gasteiger partial charge in [0.1, 0.15) is 17.2 Å². The molecule has 1 atom stereocenters. The molecule has 0 radical (unpaired) electrons. The molecule has 1 N–H and O–H groups in total. The van der Waals surface area contributed by atoms with Gasteiger partial charge in [-0.25, -0.2) is 13.8 Å². The zero-order valence-electron chi connectivity index (χ0n) is 17.4. The average molecular weight is 440 g/mol. The van der Waals surface area contributed by atoms with Crippen LogP contribution in [0, 0.1) is 18.6 Å². The SMILES string of the molecule is Cc1cccc(C(C)(CNC(=O)c2cc(-c3ncc(F)cc3F)no2)c2nnn(C)n2)n1. The molecule has 164 valence electrons. The van der Waals surface area contributed by atoms with Gasteiger partial charge in [0.2, 0.25) is 5.76 Å². The Balaban J connectivity index is 1.58. The van der Waals surface area contributed by atoms with E-state index in [0.29, 0.717) is 17.6 Å². The Morgan fingerprint density at radius 2 is 2.09 bits per heavy atom. The smallest absolute Gasteiger partial charge is 0.289 e. The van der Waals surface area contributed by atoms with Crippen molar-refractivity contribution in [2.75, 3.05) is 6.54 Å². The van der Waals surface area contributed by atoms with Crippen molar-refractivity contribution in [2.24, 2.45) is 7.05 Å². The molecule has 0 aliphatic carbocycles. The van der Waals surface area contributed by atoms with Crippen LogP contribution in [0.1, 0.15) is 34.7 Å². The second-order valence-electron chi connectivity index (χ2n) is 7.34. The lowest BCUT2D eigenvalue weighted by atomic mass is 9.85. The summed E-state index contributed by atoms with van der Waals surface area (Å²) in [5.41, 5.74) is 0.265. The van der Waals surface area contributed by atoms with Crippen molar-refractivity contribution in [2.45, 2.75) is 19.3 Å². The Hall–Kier alpha value is -4.09. The molecule has 10 nitrogen and oxygen atoms in total. The number of pyridine rings is 2. The Bertz CT molecular complexity index is 1290. The summed E-state index contributed by atoms with van der Waals surface area (Å²) in [6, 6.07) is 7.41. The first-order chi connectivity index (χ1) is 15.3. The summed E-state index contributed by atoms with van der Waals surface area (Å²) in [5, 5.41) is 18.7. The number of amides is 1. The van der Waals surface area contributed by atoms with Crippen molar-refractivity contribution in [3.8, 4) is 11.4 Å². The lowest BCUT2D eigenvalue weighted by Gasteiger charge is -2.26. The van der Waals surface area contributed by atoms with Crippen LogP contribution in [0.2, 0.25) is 0 Å². The van der Waals surface area contributed by atoms with Crippen LogP contribution in [0.15, 0.2) is 41.1 Å². The number of tetrazole rings is 1. The molecule has 1 unspecified atom stereocenters. The fourth-order valence-electron chi connectivity index (χ4n) is 3.08.